The summed E-state index contributed by atoms with van der Waals surface area (Å²) in [5.41, 5.74) is 2.41. The number of para-hydroxylation sites is 1. The monoisotopic (exact) mass is 290 g/mol. The van der Waals surface area contributed by atoms with Crippen molar-refractivity contribution in [2.45, 2.75) is 13.8 Å². The van der Waals surface area contributed by atoms with Crippen LogP contribution < -0.4 is 10.6 Å². The van der Waals surface area contributed by atoms with E-state index < -0.39 is 11.6 Å². The molecule has 0 aliphatic heterocycles. The molecule has 0 aliphatic rings. The fourth-order valence-corrected chi connectivity index (χ4v) is 1.92. The van der Waals surface area contributed by atoms with Crippen LogP contribution in [0.5, 0.6) is 0 Å². The summed E-state index contributed by atoms with van der Waals surface area (Å²) in [6, 6.07) is 9.10. The van der Waals surface area contributed by atoms with Gasteiger partial charge in [-0.3, -0.25) is 4.79 Å². The summed E-state index contributed by atoms with van der Waals surface area (Å²) in [5.74, 6) is -1.82. The van der Waals surface area contributed by atoms with Crippen molar-refractivity contribution in [1.29, 1.82) is 0 Å². The van der Waals surface area contributed by atoms with Crippen molar-refractivity contribution in [2.24, 2.45) is 0 Å². The molecule has 1 amide bonds. The first-order valence-corrected chi connectivity index (χ1v) is 6.53. The molecule has 0 saturated carbocycles. The molecule has 0 aliphatic carbocycles. The number of carbonyl (C=O) groups is 1. The molecule has 0 bridgehead atoms. The van der Waals surface area contributed by atoms with E-state index in [1.165, 1.54) is 6.07 Å². The van der Waals surface area contributed by atoms with Gasteiger partial charge in [0, 0.05) is 5.69 Å². The molecule has 2 aromatic carbocycles. The molecule has 2 N–H and O–H groups in total. The van der Waals surface area contributed by atoms with Gasteiger partial charge in [0.15, 0.2) is 0 Å². The Labute approximate surface area is 122 Å². The van der Waals surface area contributed by atoms with Crippen molar-refractivity contribution < 1.29 is 13.6 Å². The number of halogens is 2. The third-order valence-electron chi connectivity index (χ3n) is 3.27. The van der Waals surface area contributed by atoms with Gasteiger partial charge in [-0.25, -0.2) is 8.78 Å². The van der Waals surface area contributed by atoms with Gasteiger partial charge in [-0.15, -0.1) is 0 Å². The van der Waals surface area contributed by atoms with Crippen LogP contribution in [-0.2, 0) is 4.79 Å². The topological polar surface area (TPSA) is 41.1 Å². The van der Waals surface area contributed by atoms with Crippen molar-refractivity contribution in [3.63, 3.8) is 0 Å². The Hall–Kier alpha value is -2.43. The smallest absolute Gasteiger partial charge is 0.243 e. The second-order valence-corrected chi connectivity index (χ2v) is 4.75. The molecule has 0 atom stereocenters. The molecule has 0 radical (unpaired) electrons. The standard InChI is InChI=1S/C16H16F2N2O/c1-10-5-3-8-14(11(10)2)20-15(21)9-19-16-12(17)6-4-7-13(16)18/h3-8,19H,9H2,1-2H3,(H,20,21). The Morgan fingerprint density at radius 2 is 1.67 bits per heavy atom. The first-order chi connectivity index (χ1) is 9.99. The molecular formula is C16H16F2N2O. The summed E-state index contributed by atoms with van der Waals surface area (Å²) in [6.45, 7) is 3.62. The zero-order valence-corrected chi connectivity index (χ0v) is 11.8. The maximum absolute atomic E-state index is 13.4. The summed E-state index contributed by atoms with van der Waals surface area (Å²) in [4.78, 5) is 11.9. The SMILES string of the molecule is Cc1cccc(NC(=O)CNc2c(F)cccc2F)c1C. The summed E-state index contributed by atoms with van der Waals surface area (Å²) in [7, 11) is 0. The van der Waals surface area contributed by atoms with E-state index in [0.717, 1.165) is 23.3 Å². The van der Waals surface area contributed by atoms with Gasteiger partial charge >= 0.3 is 0 Å². The molecular weight excluding hydrogens is 274 g/mol. The first-order valence-electron chi connectivity index (χ1n) is 6.53. The summed E-state index contributed by atoms with van der Waals surface area (Å²) in [5, 5.41) is 5.19. The van der Waals surface area contributed by atoms with Gasteiger partial charge in [0.1, 0.15) is 17.3 Å². The van der Waals surface area contributed by atoms with Crippen LogP contribution in [0, 0.1) is 25.5 Å². The summed E-state index contributed by atoms with van der Waals surface area (Å²) < 4.78 is 26.8. The lowest BCUT2D eigenvalue weighted by atomic mass is 10.1. The van der Waals surface area contributed by atoms with Crippen LogP contribution in [0.15, 0.2) is 36.4 Å². The maximum Gasteiger partial charge on any atom is 0.243 e. The second kappa shape index (κ2) is 6.35. The number of anilines is 2. The number of amides is 1. The van der Waals surface area contributed by atoms with E-state index in [9.17, 15) is 13.6 Å². The van der Waals surface area contributed by atoms with E-state index in [4.69, 9.17) is 0 Å². The number of nitrogens with one attached hydrogen (secondary N) is 2. The first kappa shape index (κ1) is 15.0. The Morgan fingerprint density at radius 1 is 1.05 bits per heavy atom. The number of aryl methyl sites for hydroxylation is 1. The van der Waals surface area contributed by atoms with Crippen molar-refractivity contribution >= 4 is 17.3 Å². The molecule has 2 rings (SSSR count). The van der Waals surface area contributed by atoms with Gasteiger partial charge < -0.3 is 10.6 Å². The molecule has 110 valence electrons. The molecule has 0 heterocycles. The molecule has 5 heteroatoms. The molecule has 0 unspecified atom stereocenters. The lowest BCUT2D eigenvalue weighted by Gasteiger charge is -2.12. The Bertz CT molecular complexity index is 651. The maximum atomic E-state index is 13.4. The number of hydrogen-bond acceptors (Lipinski definition) is 2. The lowest BCUT2D eigenvalue weighted by molar-refractivity contribution is -0.114. The van der Waals surface area contributed by atoms with Crippen LogP contribution in [0.4, 0.5) is 20.2 Å². The van der Waals surface area contributed by atoms with Gasteiger partial charge in [-0.2, -0.15) is 0 Å². The van der Waals surface area contributed by atoms with Gasteiger partial charge in [0.25, 0.3) is 0 Å². The Balaban J connectivity index is 2.01. The molecule has 3 nitrogen and oxygen atoms in total. The highest BCUT2D eigenvalue weighted by Gasteiger charge is 2.10. The molecule has 21 heavy (non-hydrogen) atoms. The zero-order chi connectivity index (χ0) is 15.4. The average Bonchev–Trinajstić information content (AvgIpc) is 2.43. The van der Waals surface area contributed by atoms with Gasteiger partial charge in [-0.05, 0) is 43.2 Å². The van der Waals surface area contributed by atoms with Gasteiger partial charge in [0.2, 0.25) is 5.91 Å². The van der Waals surface area contributed by atoms with Crippen molar-refractivity contribution in [3.8, 4) is 0 Å². The van der Waals surface area contributed by atoms with Crippen molar-refractivity contribution in [2.75, 3.05) is 17.2 Å². The summed E-state index contributed by atoms with van der Waals surface area (Å²) in [6.07, 6.45) is 0. The fourth-order valence-electron chi connectivity index (χ4n) is 1.92. The highest BCUT2D eigenvalue weighted by atomic mass is 19.1. The van der Waals surface area contributed by atoms with E-state index in [0.29, 0.717) is 5.69 Å². The Kier molecular flexibility index (Phi) is 4.52. The van der Waals surface area contributed by atoms with E-state index in [2.05, 4.69) is 10.6 Å². The minimum absolute atomic E-state index is 0.217. The third-order valence-corrected chi connectivity index (χ3v) is 3.27. The number of carbonyl (C=O) groups excluding carboxylic acids is 1. The van der Waals surface area contributed by atoms with E-state index in [1.54, 1.807) is 6.07 Å². The number of rotatable bonds is 4. The van der Waals surface area contributed by atoms with Crippen LogP contribution in [-0.4, -0.2) is 12.5 Å². The predicted octanol–water partition coefficient (Wildman–Crippen LogP) is 3.63. The minimum atomic E-state index is -0.727. The van der Waals surface area contributed by atoms with Gasteiger partial charge in [0.05, 0.1) is 6.54 Å². The van der Waals surface area contributed by atoms with Gasteiger partial charge in [-0.1, -0.05) is 18.2 Å². The highest BCUT2D eigenvalue weighted by Crippen LogP contribution is 2.19. The zero-order valence-electron chi connectivity index (χ0n) is 11.8. The van der Waals surface area contributed by atoms with E-state index in [1.807, 2.05) is 26.0 Å². The van der Waals surface area contributed by atoms with Crippen LogP contribution in [0.1, 0.15) is 11.1 Å². The second-order valence-electron chi connectivity index (χ2n) is 4.75. The Morgan fingerprint density at radius 3 is 2.33 bits per heavy atom. The van der Waals surface area contributed by atoms with Crippen molar-refractivity contribution in [3.05, 3.63) is 59.2 Å². The van der Waals surface area contributed by atoms with Crippen LogP contribution in [0.3, 0.4) is 0 Å². The average molecular weight is 290 g/mol. The largest absolute Gasteiger partial charge is 0.371 e. The highest BCUT2D eigenvalue weighted by molar-refractivity contribution is 5.94. The van der Waals surface area contributed by atoms with E-state index in [-0.39, 0.29) is 18.1 Å². The van der Waals surface area contributed by atoms with Crippen LogP contribution in [0.2, 0.25) is 0 Å². The molecule has 2 aromatic rings. The third kappa shape index (κ3) is 3.56. The van der Waals surface area contributed by atoms with Crippen LogP contribution in [0.25, 0.3) is 0 Å². The quantitative estimate of drug-likeness (QED) is 0.902. The summed E-state index contributed by atoms with van der Waals surface area (Å²) >= 11 is 0. The molecule has 0 aromatic heterocycles. The predicted molar refractivity (Wildman–Crippen MR) is 79.4 cm³/mol. The normalized spacial score (nSPS) is 10.3. The van der Waals surface area contributed by atoms with Crippen LogP contribution >= 0.6 is 0 Å². The van der Waals surface area contributed by atoms with Crippen molar-refractivity contribution in [1.82, 2.24) is 0 Å². The molecule has 0 fully saturated rings. The minimum Gasteiger partial charge on any atom is -0.371 e. The number of hydrogen-bond donors (Lipinski definition) is 2. The number of benzene rings is 2. The fraction of sp³-hybridized carbons (Fsp3) is 0.188. The molecule has 0 spiro atoms. The molecule has 0 saturated heterocycles. The van der Waals surface area contributed by atoms with E-state index >= 15 is 0 Å². The lowest BCUT2D eigenvalue weighted by Crippen LogP contribution is -2.23.